The molecule has 0 spiro atoms. The monoisotopic (exact) mass is 465 g/mol. The van der Waals surface area contributed by atoms with Gasteiger partial charge in [0.25, 0.3) is 0 Å². The zero-order valence-electron chi connectivity index (χ0n) is 18.5. The van der Waals surface area contributed by atoms with E-state index in [4.69, 9.17) is 18.7 Å². The number of para-hydroxylation sites is 1. The molecule has 4 rings (SSSR count). The molecule has 0 saturated heterocycles. The van der Waals surface area contributed by atoms with Crippen molar-refractivity contribution < 1.29 is 23.5 Å². The summed E-state index contributed by atoms with van der Waals surface area (Å²) in [5.74, 6) is 1.77. The first kappa shape index (κ1) is 22.5. The van der Waals surface area contributed by atoms with Crippen molar-refractivity contribution in [3.05, 3.63) is 65.0 Å². The van der Waals surface area contributed by atoms with E-state index in [1.807, 2.05) is 54.8 Å². The first-order chi connectivity index (χ1) is 16.1. The summed E-state index contributed by atoms with van der Waals surface area (Å²) in [6, 6.07) is 13.4. The summed E-state index contributed by atoms with van der Waals surface area (Å²) in [5, 5.41) is 6.59. The number of hydrogen-bond acceptors (Lipinski definition) is 9. The Morgan fingerprint density at radius 3 is 2.64 bits per heavy atom. The van der Waals surface area contributed by atoms with Crippen molar-refractivity contribution in [1.29, 1.82) is 0 Å². The molecule has 8 nitrogen and oxygen atoms in total. The Morgan fingerprint density at radius 1 is 1.06 bits per heavy atom. The lowest BCUT2D eigenvalue weighted by molar-refractivity contribution is -0.145. The van der Waals surface area contributed by atoms with E-state index in [1.54, 1.807) is 14.2 Å². The number of rotatable bonds is 9. The standard InChI is InChI=1S/C24H23N3O5S/c1-15-7-9-16(10-8-15)23-26-20(32-27-23)11-12-21(28)31-13-17-14-33-24(25-17)18-5-4-6-19(29-2)22(18)30-3/h4-10,14H,11-13H2,1-3H3. The number of carbonyl (C=O) groups is 1. The van der Waals surface area contributed by atoms with Crippen molar-refractivity contribution in [2.45, 2.75) is 26.4 Å². The third-order valence-electron chi connectivity index (χ3n) is 4.89. The van der Waals surface area contributed by atoms with Gasteiger partial charge in [-0.1, -0.05) is 41.1 Å². The van der Waals surface area contributed by atoms with Gasteiger partial charge in [-0.05, 0) is 19.1 Å². The number of benzene rings is 2. The van der Waals surface area contributed by atoms with Crippen molar-refractivity contribution in [3.63, 3.8) is 0 Å². The molecule has 9 heteroatoms. The summed E-state index contributed by atoms with van der Waals surface area (Å²) < 4.78 is 21.4. The highest BCUT2D eigenvalue weighted by Crippen LogP contribution is 2.39. The third kappa shape index (κ3) is 5.38. The minimum absolute atomic E-state index is 0.0834. The second-order valence-corrected chi connectivity index (χ2v) is 8.08. The van der Waals surface area contributed by atoms with Crippen LogP contribution in [0.4, 0.5) is 0 Å². The molecule has 0 aliphatic heterocycles. The maximum Gasteiger partial charge on any atom is 0.306 e. The fourth-order valence-corrected chi connectivity index (χ4v) is 3.99. The van der Waals surface area contributed by atoms with Gasteiger partial charge in [-0.2, -0.15) is 4.98 Å². The van der Waals surface area contributed by atoms with Crippen LogP contribution in [-0.2, 0) is 22.6 Å². The number of carbonyl (C=O) groups excluding carboxylic acids is 1. The quantitative estimate of drug-likeness (QED) is 0.323. The van der Waals surface area contributed by atoms with Crippen LogP contribution in [0.2, 0.25) is 0 Å². The zero-order chi connectivity index (χ0) is 23.2. The molecular formula is C24H23N3O5S. The lowest BCUT2D eigenvalue weighted by atomic mass is 10.1. The second kappa shape index (κ2) is 10.3. The highest BCUT2D eigenvalue weighted by atomic mass is 32.1. The summed E-state index contributed by atoms with van der Waals surface area (Å²) in [5.41, 5.74) is 3.50. The highest BCUT2D eigenvalue weighted by molar-refractivity contribution is 7.13. The van der Waals surface area contributed by atoms with Gasteiger partial charge in [0.2, 0.25) is 11.7 Å². The molecule has 4 aromatic rings. The van der Waals surface area contributed by atoms with Crippen LogP contribution in [0.1, 0.15) is 23.6 Å². The Balaban J connectivity index is 1.31. The van der Waals surface area contributed by atoms with Gasteiger partial charge >= 0.3 is 5.97 Å². The van der Waals surface area contributed by atoms with Crippen LogP contribution in [0.25, 0.3) is 22.0 Å². The van der Waals surface area contributed by atoms with E-state index < -0.39 is 0 Å². The number of hydrogen-bond donors (Lipinski definition) is 0. The largest absolute Gasteiger partial charge is 0.493 e. The van der Waals surface area contributed by atoms with Crippen LogP contribution in [0.3, 0.4) is 0 Å². The Morgan fingerprint density at radius 2 is 1.88 bits per heavy atom. The Hall–Kier alpha value is -3.72. The molecule has 0 unspecified atom stereocenters. The smallest absolute Gasteiger partial charge is 0.306 e. The molecule has 2 aromatic carbocycles. The van der Waals surface area contributed by atoms with E-state index in [1.165, 1.54) is 11.3 Å². The lowest BCUT2D eigenvalue weighted by Crippen LogP contribution is -2.06. The molecule has 0 fully saturated rings. The summed E-state index contributed by atoms with van der Waals surface area (Å²) >= 11 is 1.44. The Labute approximate surface area is 195 Å². The van der Waals surface area contributed by atoms with Gasteiger partial charge in [-0.25, -0.2) is 4.98 Å². The molecule has 0 atom stereocenters. The van der Waals surface area contributed by atoms with Crippen molar-refractivity contribution in [3.8, 4) is 33.5 Å². The first-order valence-corrected chi connectivity index (χ1v) is 11.2. The molecule has 0 aliphatic carbocycles. The van der Waals surface area contributed by atoms with Crippen molar-refractivity contribution >= 4 is 17.3 Å². The molecule has 170 valence electrons. The van der Waals surface area contributed by atoms with Gasteiger partial charge in [-0.15, -0.1) is 11.3 Å². The van der Waals surface area contributed by atoms with Crippen LogP contribution < -0.4 is 9.47 Å². The van der Waals surface area contributed by atoms with Crippen molar-refractivity contribution in [2.75, 3.05) is 14.2 Å². The van der Waals surface area contributed by atoms with E-state index in [2.05, 4.69) is 15.1 Å². The number of nitrogens with zero attached hydrogens (tertiary/aromatic N) is 3. The summed E-state index contributed by atoms with van der Waals surface area (Å²) in [7, 11) is 3.18. The average molecular weight is 466 g/mol. The number of methoxy groups -OCH3 is 2. The summed E-state index contributed by atoms with van der Waals surface area (Å²) in [4.78, 5) is 21.1. The summed E-state index contributed by atoms with van der Waals surface area (Å²) in [6.07, 6.45) is 0.442. The van der Waals surface area contributed by atoms with Gasteiger partial charge < -0.3 is 18.7 Å². The van der Waals surface area contributed by atoms with E-state index in [-0.39, 0.29) is 19.0 Å². The first-order valence-electron chi connectivity index (χ1n) is 10.3. The molecule has 0 aliphatic rings. The highest BCUT2D eigenvalue weighted by Gasteiger charge is 2.16. The fraction of sp³-hybridized carbons (Fsp3) is 0.250. The maximum absolute atomic E-state index is 12.2. The molecule has 0 saturated carbocycles. The third-order valence-corrected chi connectivity index (χ3v) is 5.81. The zero-order valence-corrected chi connectivity index (χ0v) is 19.3. The number of aryl methyl sites for hydroxylation is 2. The summed E-state index contributed by atoms with van der Waals surface area (Å²) in [6.45, 7) is 2.10. The van der Waals surface area contributed by atoms with Crippen LogP contribution in [0.15, 0.2) is 52.4 Å². The molecule has 0 bridgehead atoms. The van der Waals surface area contributed by atoms with Gasteiger partial charge in [0.1, 0.15) is 11.6 Å². The Bertz CT molecular complexity index is 1230. The normalized spacial score (nSPS) is 10.8. The topological polar surface area (TPSA) is 96.6 Å². The van der Waals surface area contributed by atoms with Crippen LogP contribution in [-0.4, -0.2) is 35.3 Å². The number of thiazole rings is 1. The molecule has 0 amide bonds. The average Bonchev–Trinajstić information content (AvgIpc) is 3.51. The van der Waals surface area contributed by atoms with Crippen LogP contribution in [0, 0.1) is 6.92 Å². The van der Waals surface area contributed by atoms with Crippen molar-refractivity contribution in [2.24, 2.45) is 0 Å². The van der Waals surface area contributed by atoms with Crippen molar-refractivity contribution in [1.82, 2.24) is 15.1 Å². The number of ether oxygens (including phenoxy) is 3. The minimum Gasteiger partial charge on any atom is -0.493 e. The molecule has 0 N–H and O–H groups in total. The van der Waals surface area contributed by atoms with E-state index >= 15 is 0 Å². The van der Waals surface area contributed by atoms with E-state index in [0.717, 1.165) is 21.7 Å². The minimum atomic E-state index is -0.362. The van der Waals surface area contributed by atoms with Gasteiger partial charge in [0.05, 0.1) is 31.9 Å². The predicted molar refractivity (Wildman–Crippen MR) is 123 cm³/mol. The SMILES string of the molecule is COc1cccc(-c2nc(COC(=O)CCc3nc(-c4ccc(C)cc4)no3)cs2)c1OC. The molecule has 2 heterocycles. The fourth-order valence-electron chi connectivity index (χ4n) is 3.16. The van der Waals surface area contributed by atoms with Gasteiger partial charge in [0.15, 0.2) is 11.5 Å². The molecule has 2 aromatic heterocycles. The maximum atomic E-state index is 12.2. The van der Waals surface area contributed by atoms with Crippen LogP contribution >= 0.6 is 11.3 Å². The molecular weight excluding hydrogens is 442 g/mol. The Kier molecular flexibility index (Phi) is 6.99. The van der Waals surface area contributed by atoms with Gasteiger partial charge in [-0.3, -0.25) is 4.79 Å². The molecule has 33 heavy (non-hydrogen) atoms. The lowest BCUT2D eigenvalue weighted by Gasteiger charge is -2.10. The van der Waals surface area contributed by atoms with Crippen LogP contribution in [0.5, 0.6) is 11.5 Å². The van der Waals surface area contributed by atoms with Gasteiger partial charge in [0, 0.05) is 17.4 Å². The van der Waals surface area contributed by atoms with E-state index in [9.17, 15) is 4.79 Å². The molecule has 0 radical (unpaired) electrons. The number of aromatic nitrogens is 3. The second-order valence-electron chi connectivity index (χ2n) is 7.22. The predicted octanol–water partition coefficient (Wildman–Crippen LogP) is 4.86. The van der Waals surface area contributed by atoms with E-state index in [0.29, 0.717) is 35.3 Å². The number of esters is 1.